The molecule has 0 spiro atoms. The van der Waals surface area contributed by atoms with E-state index in [9.17, 15) is 13.2 Å². The molecule has 110 valence electrons. The normalized spacial score (nSPS) is 18.8. The molecule has 1 saturated heterocycles. The van der Waals surface area contributed by atoms with E-state index in [-0.39, 0.29) is 17.7 Å². The van der Waals surface area contributed by atoms with Gasteiger partial charge in [-0.1, -0.05) is 0 Å². The van der Waals surface area contributed by atoms with Gasteiger partial charge in [0, 0.05) is 11.4 Å². The van der Waals surface area contributed by atoms with Gasteiger partial charge in [0.25, 0.3) is 0 Å². The molecule has 7 heteroatoms. The maximum absolute atomic E-state index is 11.9. The monoisotopic (exact) mass is 297 g/mol. The highest BCUT2D eigenvalue weighted by Crippen LogP contribution is 2.16. The van der Waals surface area contributed by atoms with Crippen molar-refractivity contribution in [2.24, 2.45) is 0 Å². The summed E-state index contributed by atoms with van der Waals surface area (Å²) in [6.45, 7) is 2.45. The van der Waals surface area contributed by atoms with Gasteiger partial charge in [-0.15, -0.1) is 0 Å². The Hall–Kier alpha value is -1.60. The Morgan fingerprint density at radius 3 is 2.50 bits per heavy atom. The maximum Gasteiger partial charge on any atom is 0.241 e. The minimum Gasteiger partial charge on any atom is -0.325 e. The molecule has 0 saturated carbocycles. The molecule has 2 rings (SSSR count). The number of amides is 1. The molecule has 1 heterocycles. The van der Waals surface area contributed by atoms with E-state index < -0.39 is 10.0 Å². The lowest BCUT2D eigenvalue weighted by Crippen LogP contribution is -2.35. The van der Waals surface area contributed by atoms with Crippen molar-refractivity contribution in [2.75, 3.05) is 22.3 Å². The third-order valence-corrected chi connectivity index (χ3v) is 4.49. The van der Waals surface area contributed by atoms with Gasteiger partial charge in [0.2, 0.25) is 15.9 Å². The van der Waals surface area contributed by atoms with Gasteiger partial charge in [-0.25, -0.2) is 8.42 Å². The van der Waals surface area contributed by atoms with Gasteiger partial charge in [-0.2, -0.15) is 0 Å². The predicted octanol–water partition coefficient (Wildman–Crippen LogP) is 1.14. The SMILES string of the molecule is CCS(=O)(=O)Nc1ccc(NC(=O)[C@@H]2CCCN2)cc1. The van der Waals surface area contributed by atoms with Gasteiger partial charge in [-0.3, -0.25) is 9.52 Å². The third kappa shape index (κ3) is 3.94. The first kappa shape index (κ1) is 14.8. The molecule has 1 aliphatic heterocycles. The molecule has 20 heavy (non-hydrogen) atoms. The molecule has 1 aromatic carbocycles. The van der Waals surface area contributed by atoms with Gasteiger partial charge >= 0.3 is 0 Å². The summed E-state index contributed by atoms with van der Waals surface area (Å²) in [5.41, 5.74) is 1.15. The zero-order valence-electron chi connectivity index (χ0n) is 11.3. The van der Waals surface area contributed by atoms with Crippen LogP contribution in [0.5, 0.6) is 0 Å². The molecule has 6 nitrogen and oxygen atoms in total. The Labute approximate surface area is 119 Å². The number of benzene rings is 1. The predicted molar refractivity (Wildman–Crippen MR) is 79.2 cm³/mol. The fourth-order valence-electron chi connectivity index (χ4n) is 2.01. The first-order chi connectivity index (χ1) is 9.50. The summed E-state index contributed by atoms with van der Waals surface area (Å²) in [6, 6.07) is 6.49. The first-order valence-electron chi connectivity index (χ1n) is 6.65. The van der Waals surface area contributed by atoms with Crippen LogP contribution < -0.4 is 15.4 Å². The highest BCUT2D eigenvalue weighted by atomic mass is 32.2. The lowest BCUT2D eigenvalue weighted by atomic mass is 10.2. The van der Waals surface area contributed by atoms with E-state index in [0.717, 1.165) is 19.4 Å². The number of carbonyl (C=O) groups is 1. The fourth-order valence-corrected chi connectivity index (χ4v) is 2.65. The van der Waals surface area contributed by atoms with Gasteiger partial charge in [-0.05, 0) is 50.6 Å². The summed E-state index contributed by atoms with van der Waals surface area (Å²) < 4.78 is 25.3. The van der Waals surface area contributed by atoms with Crippen LogP contribution >= 0.6 is 0 Å². The molecule has 1 aliphatic rings. The van der Waals surface area contributed by atoms with E-state index in [2.05, 4.69) is 15.4 Å². The summed E-state index contributed by atoms with van der Waals surface area (Å²) >= 11 is 0. The van der Waals surface area contributed by atoms with Crippen molar-refractivity contribution < 1.29 is 13.2 Å². The maximum atomic E-state index is 11.9. The molecule has 1 amide bonds. The zero-order valence-corrected chi connectivity index (χ0v) is 12.2. The van der Waals surface area contributed by atoms with Crippen LogP contribution in [0.15, 0.2) is 24.3 Å². The summed E-state index contributed by atoms with van der Waals surface area (Å²) in [6.07, 6.45) is 1.86. The van der Waals surface area contributed by atoms with E-state index in [1.807, 2.05) is 0 Å². The van der Waals surface area contributed by atoms with Crippen molar-refractivity contribution in [3.8, 4) is 0 Å². The Balaban J connectivity index is 1.96. The van der Waals surface area contributed by atoms with E-state index in [0.29, 0.717) is 11.4 Å². The lowest BCUT2D eigenvalue weighted by Gasteiger charge is -2.12. The highest BCUT2D eigenvalue weighted by Gasteiger charge is 2.21. The van der Waals surface area contributed by atoms with Crippen LogP contribution in [0.2, 0.25) is 0 Å². The number of hydrogen-bond acceptors (Lipinski definition) is 4. The Morgan fingerprint density at radius 1 is 1.30 bits per heavy atom. The Kier molecular flexibility index (Phi) is 4.61. The minimum atomic E-state index is -3.27. The van der Waals surface area contributed by atoms with Gasteiger partial charge in [0.05, 0.1) is 11.8 Å². The molecular weight excluding hydrogens is 278 g/mol. The second kappa shape index (κ2) is 6.23. The van der Waals surface area contributed by atoms with Crippen molar-refractivity contribution >= 4 is 27.3 Å². The number of rotatable bonds is 5. The van der Waals surface area contributed by atoms with Crippen LogP contribution in [0.4, 0.5) is 11.4 Å². The Morgan fingerprint density at radius 2 is 1.95 bits per heavy atom. The number of anilines is 2. The van der Waals surface area contributed by atoms with Crippen molar-refractivity contribution in [1.82, 2.24) is 5.32 Å². The summed E-state index contributed by atoms with van der Waals surface area (Å²) in [5.74, 6) is -0.0249. The molecular formula is C13H19N3O3S. The molecule has 0 bridgehead atoms. The molecule has 0 radical (unpaired) electrons. The van der Waals surface area contributed by atoms with Crippen LogP contribution in [-0.4, -0.2) is 32.7 Å². The average molecular weight is 297 g/mol. The van der Waals surface area contributed by atoms with Crippen molar-refractivity contribution in [2.45, 2.75) is 25.8 Å². The molecule has 0 aliphatic carbocycles. The number of hydrogen-bond donors (Lipinski definition) is 3. The van der Waals surface area contributed by atoms with Crippen LogP contribution in [-0.2, 0) is 14.8 Å². The second-order valence-electron chi connectivity index (χ2n) is 4.72. The summed E-state index contributed by atoms with van der Waals surface area (Å²) in [4.78, 5) is 11.9. The molecule has 1 aromatic rings. The quantitative estimate of drug-likeness (QED) is 0.760. The van der Waals surface area contributed by atoms with Crippen molar-refractivity contribution in [3.05, 3.63) is 24.3 Å². The third-order valence-electron chi connectivity index (χ3n) is 3.18. The lowest BCUT2D eigenvalue weighted by molar-refractivity contribution is -0.117. The largest absolute Gasteiger partial charge is 0.325 e. The van der Waals surface area contributed by atoms with Crippen LogP contribution in [0, 0.1) is 0 Å². The fraction of sp³-hybridized carbons (Fsp3) is 0.462. The van der Waals surface area contributed by atoms with Gasteiger partial charge in [0.15, 0.2) is 0 Å². The molecule has 0 aromatic heterocycles. The van der Waals surface area contributed by atoms with E-state index in [1.165, 1.54) is 0 Å². The number of sulfonamides is 1. The van der Waals surface area contributed by atoms with Crippen LogP contribution in [0.3, 0.4) is 0 Å². The molecule has 1 fully saturated rings. The molecule has 1 atom stereocenters. The van der Waals surface area contributed by atoms with E-state index >= 15 is 0 Å². The standard InChI is InChI=1S/C13H19N3O3S/c1-2-20(18,19)16-11-7-5-10(6-8-11)15-13(17)12-4-3-9-14-12/h5-8,12,14,16H,2-4,9H2,1H3,(H,15,17)/t12-/m0/s1. The van der Waals surface area contributed by atoms with Crippen LogP contribution in [0.1, 0.15) is 19.8 Å². The van der Waals surface area contributed by atoms with Gasteiger partial charge in [0.1, 0.15) is 0 Å². The summed E-state index contributed by atoms with van der Waals surface area (Å²) in [7, 11) is -3.27. The highest BCUT2D eigenvalue weighted by molar-refractivity contribution is 7.92. The van der Waals surface area contributed by atoms with E-state index in [1.54, 1.807) is 31.2 Å². The number of carbonyl (C=O) groups excluding carboxylic acids is 1. The minimum absolute atomic E-state index is 0.0266. The smallest absolute Gasteiger partial charge is 0.241 e. The molecule has 3 N–H and O–H groups in total. The van der Waals surface area contributed by atoms with Crippen molar-refractivity contribution in [3.63, 3.8) is 0 Å². The van der Waals surface area contributed by atoms with Crippen molar-refractivity contribution in [1.29, 1.82) is 0 Å². The van der Waals surface area contributed by atoms with Crippen LogP contribution in [0.25, 0.3) is 0 Å². The van der Waals surface area contributed by atoms with E-state index in [4.69, 9.17) is 0 Å². The number of nitrogens with one attached hydrogen (secondary N) is 3. The Bertz CT molecular complexity index is 563. The zero-order chi connectivity index (χ0) is 14.6. The summed E-state index contributed by atoms with van der Waals surface area (Å²) in [5, 5.41) is 5.93. The average Bonchev–Trinajstić information content (AvgIpc) is 2.95. The van der Waals surface area contributed by atoms with Gasteiger partial charge < -0.3 is 10.6 Å². The topological polar surface area (TPSA) is 87.3 Å². The first-order valence-corrected chi connectivity index (χ1v) is 8.30. The molecule has 0 unspecified atom stereocenters. The second-order valence-corrected chi connectivity index (χ2v) is 6.73.